The van der Waals surface area contributed by atoms with E-state index in [0.29, 0.717) is 26.1 Å². The van der Waals surface area contributed by atoms with Crippen LogP contribution < -0.4 is 0 Å². The number of nitrogens with one attached hydrogen (secondary N) is 1. The Hall–Kier alpha value is -2.46. The van der Waals surface area contributed by atoms with E-state index >= 15 is 0 Å². The van der Waals surface area contributed by atoms with Crippen LogP contribution in [0.25, 0.3) is 21.3 Å². The Bertz CT molecular complexity index is 686. The molecule has 1 fully saturated rings. The molecule has 1 saturated heterocycles. The molecule has 1 unspecified atom stereocenters. The van der Waals surface area contributed by atoms with Crippen molar-refractivity contribution in [2.24, 2.45) is 11.0 Å². The van der Waals surface area contributed by atoms with Crippen LogP contribution in [-0.2, 0) is 11.3 Å². The third kappa shape index (κ3) is 2.33. The zero-order valence-electron chi connectivity index (χ0n) is 11.0. The molecule has 3 rings (SSSR count). The summed E-state index contributed by atoms with van der Waals surface area (Å²) in [4.78, 5) is 19.8. The number of aromatic nitrogens is 1. The summed E-state index contributed by atoms with van der Waals surface area (Å²) < 4.78 is 0. The SMILES string of the molecule is [N-]=[N+]=NCC1CC(=O)N(Cc2cccc3cc[nH]c23)C1. The van der Waals surface area contributed by atoms with Gasteiger partial charge in [-0.3, -0.25) is 4.79 Å². The summed E-state index contributed by atoms with van der Waals surface area (Å²) in [5.41, 5.74) is 10.5. The molecule has 1 aromatic carbocycles. The Morgan fingerprint density at radius 2 is 2.35 bits per heavy atom. The van der Waals surface area contributed by atoms with E-state index in [9.17, 15) is 4.79 Å². The molecule has 2 aromatic rings. The van der Waals surface area contributed by atoms with E-state index in [1.807, 2.05) is 35.4 Å². The number of nitrogens with zero attached hydrogens (tertiary/aromatic N) is 4. The van der Waals surface area contributed by atoms with Crippen LogP contribution in [-0.4, -0.2) is 28.9 Å². The van der Waals surface area contributed by atoms with Crippen molar-refractivity contribution in [1.29, 1.82) is 0 Å². The Balaban J connectivity index is 1.76. The maximum Gasteiger partial charge on any atom is 0.223 e. The van der Waals surface area contributed by atoms with Crippen molar-refractivity contribution in [2.75, 3.05) is 13.1 Å². The number of rotatable bonds is 4. The molecular formula is C14H15N5O. The van der Waals surface area contributed by atoms with Crippen LogP contribution in [0.4, 0.5) is 0 Å². The zero-order valence-corrected chi connectivity index (χ0v) is 11.0. The number of hydrogen-bond acceptors (Lipinski definition) is 2. The van der Waals surface area contributed by atoms with E-state index < -0.39 is 0 Å². The van der Waals surface area contributed by atoms with E-state index in [4.69, 9.17) is 5.53 Å². The molecule has 1 amide bonds. The molecule has 1 N–H and O–H groups in total. The highest BCUT2D eigenvalue weighted by Crippen LogP contribution is 2.23. The summed E-state index contributed by atoms with van der Waals surface area (Å²) in [6.07, 6.45) is 2.38. The maximum atomic E-state index is 12.0. The maximum absolute atomic E-state index is 12.0. The molecule has 1 atom stereocenters. The van der Waals surface area contributed by atoms with Gasteiger partial charge in [0, 0.05) is 37.2 Å². The van der Waals surface area contributed by atoms with Crippen molar-refractivity contribution >= 4 is 16.8 Å². The Morgan fingerprint density at radius 3 is 3.20 bits per heavy atom. The Kier molecular flexibility index (Phi) is 3.31. The lowest BCUT2D eigenvalue weighted by molar-refractivity contribution is -0.128. The van der Waals surface area contributed by atoms with Crippen LogP contribution in [0.15, 0.2) is 35.6 Å². The van der Waals surface area contributed by atoms with Crippen LogP contribution in [0.2, 0.25) is 0 Å². The van der Waals surface area contributed by atoms with Gasteiger partial charge in [0.2, 0.25) is 5.91 Å². The van der Waals surface area contributed by atoms with Gasteiger partial charge in [-0.1, -0.05) is 23.3 Å². The molecule has 1 aliphatic rings. The van der Waals surface area contributed by atoms with Crippen molar-refractivity contribution in [1.82, 2.24) is 9.88 Å². The molecule has 0 radical (unpaired) electrons. The topological polar surface area (TPSA) is 84.9 Å². The highest BCUT2D eigenvalue weighted by molar-refractivity contribution is 5.83. The smallest absolute Gasteiger partial charge is 0.223 e. The molecule has 6 heteroatoms. The molecule has 1 aliphatic heterocycles. The number of hydrogen-bond donors (Lipinski definition) is 1. The minimum Gasteiger partial charge on any atom is -0.361 e. The molecule has 20 heavy (non-hydrogen) atoms. The lowest BCUT2D eigenvalue weighted by atomic mass is 10.1. The number of benzene rings is 1. The number of fused-ring (bicyclic) bond motifs is 1. The van der Waals surface area contributed by atoms with Gasteiger partial charge in [0.1, 0.15) is 0 Å². The largest absolute Gasteiger partial charge is 0.361 e. The number of amides is 1. The van der Waals surface area contributed by atoms with E-state index in [-0.39, 0.29) is 11.8 Å². The summed E-state index contributed by atoms with van der Waals surface area (Å²) in [6.45, 7) is 1.66. The van der Waals surface area contributed by atoms with E-state index in [2.05, 4.69) is 15.0 Å². The van der Waals surface area contributed by atoms with E-state index in [1.54, 1.807) is 0 Å². The minimum absolute atomic E-state index is 0.131. The first-order chi connectivity index (χ1) is 9.78. The van der Waals surface area contributed by atoms with Gasteiger partial charge in [-0.15, -0.1) is 0 Å². The first-order valence-electron chi connectivity index (χ1n) is 6.61. The van der Waals surface area contributed by atoms with Crippen molar-refractivity contribution in [3.63, 3.8) is 0 Å². The monoisotopic (exact) mass is 269 g/mol. The van der Waals surface area contributed by atoms with Gasteiger partial charge in [0.05, 0.1) is 5.52 Å². The molecule has 0 aliphatic carbocycles. The summed E-state index contributed by atoms with van der Waals surface area (Å²) in [6, 6.07) is 8.11. The van der Waals surface area contributed by atoms with Crippen LogP contribution in [0.3, 0.4) is 0 Å². The van der Waals surface area contributed by atoms with Crippen LogP contribution >= 0.6 is 0 Å². The molecule has 6 nitrogen and oxygen atoms in total. The average molecular weight is 269 g/mol. The minimum atomic E-state index is 0.131. The summed E-state index contributed by atoms with van der Waals surface area (Å²) in [5.74, 6) is 0.271. The third-order valence-corrected chi connectivity index (χ3v) is 3.73. The first kappa shape index (κ1) is 12.6. The fraction of sp³-hybridized carbons (Fsp3) is 0.357. The van der Waals surface area contributed by atoms with Crippen LogP contribution in [0.1, 0.15) is 12.0 Å². The van der Waals surface area contributed by atoms with Crippen molar-refractivity contribution in [2.45, 2.75) is 13.0 Å². The molecule has 0 spiro atoms. The predicted molar refractivity (Wildman–Crippen MR) is 75.8 cm³/mol. The summed E-state index contributed by atoms with van der Waals surface area (Å²) >= 11 is 0. The normalized spacial score (nSPS) is 18.5. The average Bonchev–Trinajstić information content (AvgIpc) is 3.04. The van der Waals surface area contributed by atoms with Crippen molar-refractivity contribution in [3.8, 4) is 0 Å². The number of likely N-dealkylation sites (tertiary alicyclic amines) is 1. The third-order valence-electron chi connectivity index (χ3n) is 3.73. The Morgan fingerprint density at radius 1 is 1.45 bits per heavy atom. The van der Waals surface area contributed by atoms with Gasteiger partial charge in [-0.05, 0) is 28.5 Å². The second kappa shape index (κ2) is 5.27. The van der Waals surface area contributed by atoms with Gasteiger partial charge < -0.3 is 9.88 Å². The molecular weight excluding hydrogens is 254 g/mol. The second-order valence-corrected chi connectivity index (χ2v) is 5.12. The number of carbonyl (C=O) groups is 1. The number of para-hydroxylation sites is 1. The quantitative estimate of drug-likeness (QED) is 0.516. The molecule has 2 heterocycles. The number of azide groups is 1. The highest BCUT2D eigenvalue weighted by atomic mass is 16.2. The predicted octanol–water partition coefficient (Wildman–Crippen LogP) is 2.83. The van der Waals surface area contributed by atoms with E-state index in [0.717, 1.165) is 16.5 Å². The number of aromatic amines is 1. The standard InChI is InChI=1S/C14H15N5O/c15-18-17-7-10-6-13(20)19(8-10)9-12-3-1-2-11-4-5-16-14(11)12/h1-5,10,16H,6-9H2. The first-order valence-corrected chi connectivity index (χ1v) is 6.61. The molecule has 0 bridgehead atoms. The van der Waals surface area contributed by atoms with Gasteiger partial charge in [0.25, 0.3) is 0 Å². The summed E-state index contributed by atoms with van der Waals surface area (Å²) in [7, 11) is 0. The number of H-pyrrole nitrogens is 1. The van der Waals surface area contributed by atoms with Crippen molar-refractivity contribution in [3.05, 3.63) is 46.5 Å². The lowest BCUT2D eigenvalue weighted by Gasteiger charge is -2.17. The lowest BCUT2D eigenvalue weighted by Crippen LogP contribution is -2.25. The molecule has 0 saturated carbocycles. The van der Waals surface area contributed by atoms with E-state index in [1.165, 1.54) is 0 Å². The summed E-state index contributed by atoms with van der Waals surface area (Å²) in [5, 5.41) is 4.72. The molecule has 1 aromatic heterocycles. The highest BCUT2D eigenvalue weighted by Gasteiger charge is 2.29. The second-order valence-electron chi connectivity index (χ2n) is 5.12. The fourth-order valence-electron chi connectivity index (χ4n) is 2.77. The van der Waals surface area contributed by atoms with Crippen molar-refractivity contribution < 1.29 is 4.79 Å². The van der Waals surface area contributed by atoms with Gasteiger partial charge >= 0.3 is 0 Å². The van der Waals surface area contributed by atoms with Crippen LogP contribution in [0, 0.1) is 5.92 Å². The van der Waals surface area contributed by atoms with Gasteiger partial charge in [-0.25, -0.2) is 0 Å². The zero-order chi connectivity index (χ0) is 13.9. The number of carbonyl (C=O) groups excluding carboxylic acids is 1. The fourth-order valence-corrected chi connectivity index (χ4v) is 2.77. The molecule has 102 valence electrons. The van der Waals surface area contributed by atoms with Gasteiger partial charge in [-0.2, -0.15) is 0 Å². The Labute approximate surface area is 116 Å². The van der Waals surface area contributed by atoms with Gasteiger partial charge in [0.15, 0.2) is 0 Å². The van der Waals surface area contributed by atoms with Crippen LogP contribution in [0.5, 0.6) is 0 Å².